The minimum absolute atomic E-state index is 0.529. The Morgan fingerprint density at radius 1 is 0.720 bits per heavy atom. The highest BCUT2D eigenvalue weighted by atomic mass is 15.3. The first kappa shape index (κ1) is 16.6. The van der Waals surface area contributed by atoms with Crippen LogP contribution in [0.5, 0.6) is 0 Å². The van der Waals surface area contributed by atoms with Gasteiger partial charge in [0.25, 0.3) is 0 Å². The predicted molar refractivity (Wildman–Crippen MR) is 103 cm³/mol. The summed E-state index contributed by atoms with van der Waals surface area (Å²) in [5.74, 6) is 0.529. The molecule has 0 atom stereocenters. The van der Waals surface area contributed by atoms with Gasteiger partial charge in [-0.3, -0.25) is 5.43 Å². The number of nitrogens with zero attached hydrogens (tertiary/aromatic N) is 3. The first-order valence-corrected chi connectivity index (χ1v) is 8.15. The van der Waals surface area contributed by atoms with E-state index in [4.69, 9.17) is 0 Å². The Bertz CT molecular complexity index is 864. The molecule has 3 aromatic rings. The molecule has 0 aliphatic carbocycles. The van der Waals surface area contributed by atoms with E-state index >= 15 is 0 Å². The first-order chi connectivity index (χ1) is 12.2. The van der Waals surface area contributed by atoms with Crippen molar-refractivity contribution in [2.24, 2.45) is 15.3 Å². The van der Waals surface area contributed by atoms with Crippen molar-refractivity contribution in [3.8, 4) is 0 Å². The molecule has 0 saturated carbocycles. The fourth-order valence-corrected chi connectivity index (χ4v) is 2.19. The van der Waals surface area contributed by atoms with E-state index in [1.54, 1.807) is 0 Å². The second-order valence-electron chi connectivity index (χ2n) is 5.81. The third-order valence-corrected chi connectivity index (χ3v) is 3.67. The number of nitrogens with one attached hydrogen (secondary N) is 1. The number of hydrazone groups is 1. The summed E-state index contributed by atoms with van der Waals surface area (Å²) in [6.45, 7) is 4.10. The average Bonchev–Trinajstić information content (AvgIpc) is 2.65. The highest BCUT2D eigenvalue weighted by Gasteiger charge is 2.02. The molecule has 0 unspecified atom stereocenters. The van der Waals surface area contributed by atoms with Gasteiger partial charge in [0.15, 0.2) is 0 Å². The molecule has 0 aliphatic heterocycles. The van der Waals surface area contributed by atoms with Crippen LogP contribution in [0.3, 0.4) is 0 Å². The number of benzene rings is 3. The monoisotopic (exact) mass is 328 g/mol. The van der Waals surface area contributed by atoms with Crippen LogP contribution in [0.25, 0.3) is 0 Å². The van der Waals surface area contributed by atoms with Crippen molar-refractivity contribution in [3.63, 3.8) is 0 Å². The summed E-state index contributed by atoms with van der Waals surface area (Å²) >= 11 is 0. The summed E-state index contributed by atoms with van der Waals surface area (Å²) in [5.41, 5.74) is 8.05. The molecule has 3 aromatic carbocycles. The summed E-state index contributed by atoms with van der Waals surface area (Å²) in [7, 11) is 0. The zero-order valence-electron chi connectivity index (χ0n) is 14.3. The van der Waals surface area contributed by atoms with Crippen molar-refractivity contribution in [3.05, 3.63) is 95.6 Å². The Labute approximate surface area is 148 Å². The Morgan fingerprint density at radius 3 is 1.96 bits per heavy atom. The number of amidine groups is 1. The van der Waals surface area contributed by atoms with Crippen molar-refractivity contribution in [2.75, 3.05) is 5.43 Å². The van der Waals surface area contributed by atoms with E-state index in [0.29, 0.717) is 5.84 Å². The van der Waals surface area contributed by atoms with E-state index in [1.165, 1.54) is 11.1 Å². The van der Waals surface area contributed by atoms with Crippen molar-refractivity contribution in [1.82, 2.24) is 0 Å². The van der Waals surface area contributed by atoms with Crippen molar-refractivity contribution in [1.29, 1.82) is 0 Å². The summed E-state index contributed by atoms with van der Waals surface area (Å²) < 4.78 is 0. The minimum atomic E-state index is 0.529. The lowest BCUT2D eigenvalue weighted by Gasteiger charge is -2.04. The van der Waals surface area contributed by atoms with Crippen LogP contribution in [0.1, 0.15) is 16.7 Å². The Hall–Kier alpha value is -3.27. The van der Waals surface area contributed by atoms with E-state index < -0.39 is 0 Å². The van der Waals surface area contributed by atoms with Crippen LogP contribution in [0.4, 0.5) is 11.4 Å². The number of anilines is 1. The number of hydrogen-bond donors (Lipinski definition) is 1. The summed E-state index contributed by atoms with van der Waals surface area (Å²) in [6.07, 6.45) is 0. The van der Waals surface area contributed by atoms with E-state index in [-0.39, 0.29) is 0 Å². The third-order valence-electron chi connectivity index (χ3n) is 3.67. The molecule has 0 bridgehead atoms. The van der Waals surface area contributed by atoms with Gasteiger partial charge in [-0.15, -0.1) is 10.2 Å². The number of hydrogen-bond acceptors (Lipinski definition) is 3. The van der Waals surface area contributed by atoms with Crippen molar-refractivity contribution >= 4 is 17.2 Å². The molecule has 0 aliphatic rings. The summed E-state index contributed by atoms with van der Waals surface area (Å²) in [4.78, 5) is 0. The van der Waals surface area contributed by atoms with Crippen LogP contribution in [0, 0.1) is 13.8 Å². The van der Waals surface area contributed by atoms with Gasteiger partial charge in [0.2, 0.25) is 5.84 Å². The predicted octanol–water partition coefficient (Wildman–Crippen LogP) is 5.86. The van der Waals surface area contributed by atoms with Crippen LogP contribution < -0.4 is 5.43 Å². The molecule has 0 amide bonds. The molecule has 4 nitrogen and oxygen atoms in total. The smallest absolute Gasteiger partial charge is 0.201 e. The van der Waals surface area contributed by atoms with Crippen LogP contribution in [-0.4, -0.2) is 5.84 Å². The fraction of sp³-hybridized carbons (Fsp3) is 0.0952. The molecular formula is C21H20N4. The SMILES string of the molecule is Cc1ccc(/N=N/C(=N\Nc2ccc(C)cc2)c2ccccc2)cc1. The highest BCUT2D eigenvalue weighted by molar-refractivity contribution is 5.99. The van der Waals surface area contributed by atoms with Crippen LogP contribution >= 0.6 is 0 Å². The molecule has 0 radical (unpaired) electrons. The fourth-order valence-electron chi connectivity index (χ4n) is 2.19. The number of azo groups is 1. The topological polar surface area (TPSA) is 49.1 Å². The maximum absolute atomic E-state index is 4.43. The van der Waals surface area contributed by atoms with Crippen molar-refractivity contribution in [2.45, 2.75) is 13.8 Å². The minimum Gasteiger partial charge on any atom is -0.276 e. The average molecular weight is 328 g/mol. The van der Waals surface area contributed by atoms with Gasteiger partial charge in [-0.05, 0) is 38.1 Å². The number of rotatable bonds is 4. The standard InChI is InChI=1S/C21H20N4/c1-16-8-12-19(13-9-16)22-24-21(18-6-4-3-5-7-18)25-23-20-14-10-17(2)11-15-20/h3-15,22H,1-2H3/b24-21-,25-23+. The van der Waals surface area contributed by atoms with Crippen LogP contribution in [-0.2, 0) is 0 Å². The first-order valence-electron chi connectivity index (χ1n) is 8.15. The summed E-state index contributed by atoms with van der Waals surface area (Å²) in [6, 6.07) is 25.7. The quantitative estimate of drug-likeness (QED) is 0.277. The van der Waals surface area contributed by atoms with E-state index in [1.807, 2.05) is 85.8 Å². The van der Waals surface area contributed by atoms with Gasteiger partial charge in [-0.1, -0.05) is 65.7 Å². The third kappa shape index (κ3) is 4.85. The lowest BCUT2D eigenvalue weighted by Crippen LogP contribution is -2.01. The molecule has 4 heteroatoms. The largest absolute Gasteiger partial charge is 0.276 e. The molecule has 0 spiro atoms. The lowest BCUT2D eigenvalue weighted by atomic mass is 10.2. The van der Waals surface area contributed by atoms with E-state index in [2.05, 4.69) is 27.7 Å². The van der Waals surface area contributed by atoms with Crippen LogP contribution in [0.2, 0.25) is 0 Å². The normalized spacial score (nSPS) is 11.7. The van der Waals surface area contributed by atoms with E-state index in [0.717, 1.165) is 16.9 Å². The molecular weight excluding hydrogens is 308 g/mol. The second-order valence-corrected chi connectivity index (χ2v) is 5.81. The van der Waals surface area contributed by atoms with Crippen LogP contribution in [0.15, 0.2) is 94.2 Å². The maximum atomic E-state index is 4.43. The van der Waals surface area contributed by atoms with E-state index in [9.17, 15) is 0 Å². The molecule has 0 heterocycles. The van der Waals surface area contributed by atoms with Crippen molar-refractivity contribution < 1.29 is 0 Å². The maximum Gasteiger partial charge on any atom is 0.201 e. The van der Waals surface area contributed by atoms with Gasteiger partial charge in [-0.25, -0.2) is 0 Å². The molecule has 124 valence electrons. The van der Waals surface area contributed by atoms with Gasteiger partial charge in [0.05, 0.1) is 11.4 Å². The second kappa shape index (κ2) is 8.02. The van der Waals surface area contributed by atoms with Gasteiger partial charge in [0.1, 0.15) is 0 Å². The summed E-state index contributed by atoms with van der Waals surface area (Å²) in [5, 5.41) is 13.1. The molecule has 1 N–H and O–H groups in total. The lowest BCUT2D eigenvalue weighted by molar-refractivity contribution is 1.22. The molecule has 3 rings (SSSR count). The number of aryl methyl sites for hydroxylation is 2. The van der Waals surface area contributed by atoms with Gasteiger partial charge >= 0.3 is 0 Å². The Kier molecular flexibility index (Phi) is 5.32. The molecule has 0 saturated heterocycles. The highest BCUT2D eigenvalue weighted by Crippen LogP contribution is 2.15. The Balaban J connectivity index is 1.85. The van der Waals surface area contributed by atoms with Gasteiger partial charge < -0.3 is 0 Å². The zero-order chi connectivity index (χ0) is 17.5. The zero-order valence-corrected chi connectivity index (χ0v) is 14.3. The van der Waals surface area contributed by atoms with Gasteiger partial charge in [-0.2, -0.15) is 5.10 Å². The Morgan fingerprint density at radius 2 is 1.32 bits per heavy atom. The molecule has 0 aromatic heterocycles. The molecule has 0 fully saturated rings. The van der Waals surface area contributed by atoms with Gasteiger partial charge in [0, 0.05) is 5.56 Å². The molecule has 25 heavy (non-hydrogen) atoms.